The van der Waals surface area contributed by atoms with Crippen LogP contribution in [0, 0.1) is 5.41 Å². The van der Waals surface area contributed by atoms with E-state index >= 15 is 0 Å². The van der Waals surface area contributed by atoms with Gasteiger partial charge in [-0.3, -0.25) is 0 Å². The fraction of sp³-hybridized carbons (Fsp3) is 0.412. The smallest absolute Gasteiger partial charge is 0.354 e. The van der Waals surface area contributed by atoms with E-state index in [1.54, 1.807) is 10.9 Å². The molecule has 1 aliphatic carbocycles. The zero-order valence-corrected chi connectivity index (χ0v) is 12.9. The van der Waals surface area contributed by atoms with E-state index in [-0.39, 0.29) is 17.2 Å². The van der Waals surface area contributed by atoms with Crippen LogP contribution in [0.2, 0.25) is 0 Å². The first kappa shape index (κ1) is 14.8. The third-order valence-electron chi connectivity index (χ3n) is 4.54. The number of carboxylic acids is 1. The van der Waals surface area contributed by atoms with Crippen molar-refractivity contribution < 1.29 is 15.0 Å². The molecule has 2 atom stereocenters. The van der Waals surface area contributed by atoms with Gasteiger partial charge in [-0.1, -0.05) is 38.1 Å². The Balaban J connectivity index is 2.25. The maximum atomic E-state index is 11.5. The first-order chi connectivity index (χ1) is 10.2. The fourth-order valence-corrected chi connectivity index (χ4v) is 3.93. The van der Waals surface area contributed by atoms with Crippen LogP contribution in [0.1, 0.15) is 54.8 Å². The predicted molar refractivity (Wildman–Crippen MR) is 81.7 cm³/mol. The lowest BCUT2D eigenvalue weighted by atomic mass is 9.64. The molecular weight excluding hydrogens is 280 g/mol. The van der Waals surface area contributed by atoms with Gasteiger partial charge in [0.1, 0.15) is 5.69 Å². The van der Waals surface area contributed by atoms with E-state index in [9.17, 15) is 15.0 Å². The number of imidazole rings is 1. The standard InChI is InChI=1S/C17H20N2O3/c1-16(2)9-17(3,22)12-7-5-4-6-11(12)14(16)19-10-18-8-13(19)15(20)21/h4-8,10,14,22H,9H2,1-3H3,(H,20,21)/t14-,17+/m0/s1. The molecule has 116 valence electrons. The average Bonchev–Trinajstić information content (AvgIpc) is 2.86. The molecule has 0 radical (unpaired) electrons. The molecule has 2 N–H and O–H groups in total. The second-order valence-electron chi connectivity index (χ2n) is 6.92. The molecule has 1 aromatic carbocycles. The Hall–Kier alpha value is -2.14. The van der Waals surface area contributed by atoms with Gasteiger partial charge in [-0.05, 0) is 29.9 Å². The van der Waals surface area contributed by atoms with Crippen molar-refractivity contribution in [3.63, 3.8) is 0 Å². The van der Waals surface area contributed by atoms with Crippen molar-refractivity contribution >= 4 is 5.97 Å². The van der Waals surface area contributed by atoms with Gasteiger partial charge in [-0.2, -0.15) is 0 Å². The Morgan fingerprint density at radius 1 is 1.32 bits per heavy atom. The van der Waals surface area contributed by atoms with E-state index < -0.39 is 11.6 Å². The van der Waals surface area contributed by atoms with E-state index in [2.05, 4.69) is 4.98 Å². The van der Waals surface area contributed by atoms with E-state index in [1.165, 1.54) is 6.20 Å². The molecule has 0 bridgehead atoms. The molecule has 1 aliphatic rings. The molecule has 1 aromatic heterocycles. The topological polar surface area (TPSA) is 75.3 Å². The largest absolute Gasteiger partial charge is 0.477 e. The van der Waals surface area contributed by atoms with Crippen molar-refractivity contribution in [2.75, 3.05) is 0 Å². The molecule has 2 aromatic rings. The number of hydrogen-bond donors (Lipinski definition) is 2. The summed E-state index contributed by atoms with van der Waals surface area (Å²) in [4.78, 5) is 15.5. The van der Waals surface area contributed by atoms with Crippen molar-refractivity contribution in [3.8, 4) is 0 Å². The fourth-order valence-electron chi connectivity index (χ4n) is 3.93. The Bertz CT molecular complexity index is 731. The van der Waals surface area contributed by atoms with Crippen LogP contribution < -0.4 is 0 Å². The van der Waals surface area contributed by atoms with Crippen LogP contribution in [-0.2, 0) is 5.60 Å². The third-order valence-corrected chi connectivity index (χ3v) is 4.54. The second kappa shape index (κ2) is 4.68. The first-order valence-electron chi connectivity index (χ1n) is 7.31. The molecule has 0 unspecified atom stereocenters. The van der Waals surface area contributed by atoms with Crippen LogP contribution >= 0.6 is 0 Å². The quantitative estimate of drug-likeness (QED) is 0.894. The minimum absolute atomic E-state index is 0.162. The molecule has 22 heavy (non-hydrogen) atoms. The molecule has 3 rings (SSSR count). The van der Waals surface area contributed by atoms with Gasteiger partial charge in [0.2, 0.25) is 0 Å². The van der Waals surface area contributed by atoms with Gasteiger partial charge in [-0.15, -0.1) is 0 Å². The molecule has 5 heteroatoms. The number of nitrogens with zero attached hydrogens (tertiary/aromatic N) is 2. The highest BCUT2D eigenvalue weighted by atomic mass is 16.4. The van der Waals surface area contributed by atoms with Crippen molar-refractivity contribution in [2.45, 2.75) is 38.8 Å². The van der Waals surface area contributed by atoms with Gasteiger partial charge in [0.05, 0.1) is 24.2 Å². The number of carboxylic acid groups (broad SMARTS) is 1. The minimum atomic E-state index is -0.997. The maximum Gasteiger partial charge on any atom is 0.354 e. The summed E-state index contributed by atoms with van der Waals surface area (Å²) in [5, 5.41) is 20.2. The molecule has 0 saturated carbocycles. The molecule has 1 heterocycles. The van der Waals surface area contributed by atoms with Crippen LogP contribution in [0.4, 0.5) is 0 Å². The van der Waals surface area contributed by atoms with Crippen molar-refractivity contribution in [1.29, 1.82) is 0 Å². The third kappa shape index (κ3) is 2.13. The summed E-state index contributed by atoms with van der Waals surface area (Å²) in [5.41, 5.74) is 0.714. The monoisotopic (exact) mass is 300 g/mol. The minimum Gasteiger partial charge on any atom is -0.477 e. The predicted octanol–water partition coefficient (Wildman–Crippen LogP) is 2.81. The normalized spacial score (nSPS) is 26.5. The Morgan fingerprint density at radius 2 is 2.00 bits per heavy atom. The molecular formula is C17H20N2O3. The number of aliphatic hydroxyl groups is 1. The van der Waals surface area contributed by atoms with Gasteiger partial charge in [-0.25, -0.2) is 9.78 Å². The summed E-state index contributed by atoms with van der Waals surface area (Å²) in [6.07, 6.45) is 3.47. The molecule has 0 spiro atoms. The summed E-state index contributed by atoms with van der Waals surface area (Å²) < 4.78 is 1.70. The highest BCUT2D eigenvalue weighted by Crippen LogP contribution is 2.52. The Labute approximate surface area is 129 Å². The summed E-state index contributed by atoms with van der Waals surface area (Å²) >= 11 is 0. The summed E-state index contributed by atoms with van der Waals surface area (Å²) in [5.74, 6) is -0.997. The van der Waals surface area contributed by atoms with E-state index in [0.29, 0.717) is 6.42 Å². The number of carbonyl (C=O) groups is 1. The molecule has 0 amide bonds. The second-order valence-corrected chi connectivity index (χ2v) is 6.92. The number of aromatic nitrogens is 2. The lowest BCUT2D eigenvalue weighted by molar-refractivity contribution is -0.0168. The first-order valence-corrected chi connectivity index (χ1v) is 7.31. The number of rotatable bonds is 2. The summed E-state index contributed by atoms with van der Waals surface area (Å²) in [7, 11) is 0. The van der Waals surface area contributed by atoms with E-state index in [1.807, 2.05) is 45.0 Å². The molecule has 0 fully saturated rings. The number of hydrogen-bond acceptors (Lipinski definition) is 3. The van der Waals surface area contributed by atoms with Crippen LogP contribution in [-0.4, -0.2) is 25.7 Å². The van der Waals surface area contributed by atoms with Crippen LogP contribution in [0.15, 0.2) is 36.8 Å². The highest BCUT2D eigenvalue weighted by Gasteiger charge is 2.46. The van der Waals surface area contributed by atoms with Gasteiger partial charge in [0.15, 0.2) is 0 Å². The molecule has 0 saturated heterocycles. The Morgan fingerprint density at radius 3 is 2.68 bits per heavy atom. The maximum absolute atomic E-state index is 11.5. The lowest BCUT2D eigenvalue weighted by Crippen LogP contribution is -2.42. The van der Waals surface area contributed by atoms with Crippen molar-refractivity contribution in [1.82, 2.24) is 9.55 Å². The van der Waals surface area contributed by atoms with Crippen LogP contribution in [0.3, 0.4) is 0 Å². The molecule has 5 nitrogen and oxygen atoms in total. The lowest BCUT2D eigenvalue weighted by Gasteiger charge is -2.47. The highest BCUT2D eigenvalue weighted by molar-refractivity contribution is 5.85. The number of aromatic carboxylic acids is 1. The Kier molecular flexibility index (Phi) is 3.14. The van der Waals surface area contributed by atoms with E-state index in [4.69, 9.17) is 0 Å². The number of fused-ring (bicyclic) bond motifs is 1. The van der Waals surface area contributed by atoms with Gasteiger partial charge in [0.25, 0.3) is 0 Å². The average molecular weight is 300 g/mol. The van der Waals surface area contributed by atoms with Crippen molar-refractivity contribution in [3.05, 3.63) is 53.6 Å². The SMILES string of the molecule is CC1(C)C[C@@](C)(O)c2ccccc2[C@@H]1n1cncc1C(=O)O. The zero-order chi connectivity index (χ0) is 16.1. The van der Waals surface area contributed by atoms with E-state index in [0.717, 1.165) is 11.1 Å². The summed E-state index contributed by atoms with van der Waals surface area (Å²) in [6, 6.07) is 7.50. The molecule has 0 aliphatic heterocycles. The summed E-state index contributed by atoms with van der Waals surface area (Å²) in [6.45, 7) is 5.91. The van der Waals surface area contributed by atoms with Crippen LogP contribution in [0.25, 0.3) is 0 Å². The van der Waals surface area contributed by atoms with Crippen molar-refractivity contribution in [2.24, 2.45) is 5.41 Å². The van der Waals surface area contributed by atoms with Crippen LogP contribution in [0.5, 0.6) is 0 Å². The van der Waals surface area contributed by atoms with Gasteiger partial charge in [0, 0.05) is 0 Å². The van der Waals surface area contributed by atoms with Gasteiger partial charge < -0.3 is 14.8 Å². The zero-order valence-electron chi connectivity index (χ0n) is 12.9. The van der Waals surface area contributed by atoms with Gasteiger partial charge >= 0.3 is 5.97 Å². The number of benzene rings is 1.